The molecule has 0 radical (unpaired) electrons. The number of aromatic nitrogens is 2. The zero-order chi connectivity index (χ0) is 18.1. The number of carbonyl (C=O) groups excluding carboxylic acids is 1. The summed E-state index contributed by atoms with van der Waals surface area (Å²) >= 11 is 0. The maximum absolute atomic E-state index is 12.6. The van der Waals surface area contributed by atoms with Gasteiger partial charge in [0.2, 0.25) is 0 Å². The summed E-state index contributed by atoms with van der Waals surface area (Å²) in [6.07, 6.45) is 7.98. The van der Waals surface area contributed by atoms with E-state index in [1.165, 1.54) is 25.9 Å². The molecule has 2 atom stereocenters. The molecule has 3 fully saturated rings. The molecule has 4 heterocycles. The lowest BCUT2D eigenvalue weighted by molar-refractivity contribution is 0.0400. The van der Waals surface area contributed by atoms with Crippen LogP contribution in [-0.4, -0.2) is 71.1 Å². The first-order valence-corrected chi connectivity index (χ1v) is 10.2. The van der Waals surface area contributed by atoms with Crippen molar-refractivity contribution in [1.29, 1.82) is 0 Å². The van der Waals surface area contributed by atoms with Gasteiger partial charge in [0.1, 0.15) is 11.5 Å². The number of nitrogens with zero attached hydrogens (tertiary/aromatic N) is 3. The summed E-state index contributed by atoms with van der Waals surface area (Å²) in [6, 6.07) is 0. The standard InChI is InChI=1S/C20H32N4O2/c1-15-4-3-7-23(12-15)13-17-10-20(14-26-17)5-8-24(9-6-20)19(25)18-11-21-16(2)22-18/h11,15,17H,3-10,12-14H2,1-2H3,(H,21,22)/t15-,17-/m1/s1. The third-order valence-corrected chi connectivity index (χ3v) is 6.53. The summed E-state index contributed by atoms with van der Waals surface area (Å²) in [5, 5.41) is 0. The summed E-state index contributed by atoms with van der Waals surface area (Å²) in [7, 11) is 0. The van der Waals surface area contributed by atoms with Crippen LogP contribution in [0.1, 0.15) is 55.3 Å². The number of nitrogens with one attached hydrogen (secondary N) is 1. The van der Waals surface area contributed by atoms with Crippen molar-refractivity contribution in [1.82, 2.24) is 19.8 Å². The van der Waals surface area contributed by atoms with Crippen molar-refractivity contribution in [2.75, 3.05) is 39.3 Å². The third kappa shape index (κ3) is 3.81. The smallest absolute Gasteiger partial charge is 0.271 e. The fourth-order valence-electron chi connectivity index (χ4n) is 4.99. The van der Waals surface area contributed by atoms with Crippen LogP contribution < -0.4 is 0 Å². The van der Waals surface area contributed by atoms with Crippen LogP contribution in [0.4, 0.5) is 0 Å². The summed E-state index contributed by atoms with van der Waals surface area (Å²) in [6.45, 7) is 10.3. The predicted octanol–water partition coefficient (Wildman–Crippen LogP) is 2.46. The van der Waals surface area contributed by atoms with Crippen molar-refractivity contribution in [3.05, 3.63) is 17.7 Å². The lowest BCUT2D eigenvalue weighted by Gasteiger charge is -2.38. The molecule has 1 aromatic heterocycles. The van der Waals surface area contributed by atoms with Crippen LogP contribution in [0.2, 0.25) is 0 Å². The molecule has 3 aliphatic rings. The first-order valence-electron chi connectivity index (χ1n) is 10.2. The normalized spacial score (nSPS) is 29.4. The SMILES string of the molecule is Cc1ncc(C(=O)N2CCC3(CC2)CO[C@@H](CN2CCC[C@@H](C)C2)C3)[nH]1. The van der Waals surface area contributed by atoms with E-state index in [9.17, 15) is 4.79 Å². The van der Waals surface area contributed by atoms with E-state index in [4.69, 9.17) is 4.74 Å². The number of piperidine rings is 2. The highest BCUT2D eigenvalue weighted by Crippen LogP contribution is 2.42. The van der Waals surface area contributed by atoms with Crippen molar-refractivity contribution < 1.29 is 9.53 Å². The van der Waals surface area contributed by atoms with Crippen LogP contribution in [0.5, 0.6) is 0 Å². The average molecular weight is 361 g/mol. The highest BCUT2D eigenvalue weighted by atomic mass is 16.5. The Bertz CT molecular complexity index is 636. The molecule has 1 aromatic rings. The van der Waals surface area contributed by atoms with Crippen LogP contribution >= 0.6 is 0 Å². The van der Waals surface area contributed by atoms with Crippen molar-refractivity contribution in [3.8, 4) is 0 Å². The minimum Gasteiger partial charge on any atom is -0.376 e. The second kappa shape index (κ2) is 7.31. The summed E-state index contributed by atoms with van der Waals surface area (Å²) in [5.41, 5.74) is 0.894. The molecule has 1 N–H and O–H groups in total. The summed E-state index contributed by atoms with van der Waals surface area (Å²) < 4.78 is 6.21. The van der Waals surface area contributed by atoms with Crippen LogP contribution in [0, 0.1) is 18.3 Å². The molecule has 0 saturated carbocycles. The number of amides is 1. The molecule has 4 rings (SSSR count). The van der Waals surface area contributed by atoms with Gasteiger partial charge >= 0.3 is 0 Å². The second-order valence-corrected chi connectivity index (χ2v) is 8.82. The van der Waals surface area contributed by atoms with Gasteiger partial charge in [-0.05, 0) is 56.9 Å². The van der Waals surface area contributed by atoms with E-state index in [1.807, 2.05) is 11.8 Å². The number of rotatable bonds is 3. The molecule has 0 aromatic carbocycles. The number of aryl methyl sites for hydroxylation is 1. The molecule has 6 nitrogen and oxygen atoms in total. The second-order valence-electron chi connectivity index (χ2n) is 8.82. The largest absolute Gasteiger partial charge is 0.376 e. The highest BCUT2D eigenvalue weighted by molar-refractivity contribution is 5.92. The number of H-pyrrole nitrogens is 1. The van der Waals surface area contributed by atoms with Crippen LogP contribution in [0.25, 0.3) is 0 Å². The van der Waals surface area contributed by atoms with Crippen molar-refractivity contribution in [2.24, 2.45) is 11.3 Å². The Labute approximate surface area is 156 Å². The molecule has 144 valence electrons. The van der Waals surface area contributed by atoms with Gasteiger partial charge in [-0.15, -0.1) is 0 Å². The lowest BCUT2D eigenvalue weighted by Crippen LogP contribution is -2.44. The van der Waals surface area contributed by atoms with Crippen LogP contribution in [0.15, 0.2) is 6.20 Å². The number of hydrogen-bond donors (Lipinski definition) is 1. The van der Waals surface area contributed by atoms with Gasteiger partial charge in [0.15, 0.2) is 0 Å². The van der Waals surface area contributed by atoms with Gasteiger partial charge in [0, 0.05) is 26.2 Å². The Morgan fingerprint density at radius 3 is 2.88 bits per heavy atom. The Kier molecular flexibility index (Phi) is 5.06. The molecule has 0 aliphatic carbocycles. The first-order chi connectivity index (χ1) is 12.5. The fourth-order valence-corrected chi connectivity index (χ4v) is 4.99. The Morgan fingerprint density at radius 1 is 1.38 bits per heavy atom. The Hall–Kier alpha value is -1.40. The maximum atomic E-state index is 12.6. The fraction of sp³-hybridized carbons (Fsp3) is 0.800. The highest BCUT2D eigenvalue weighted by Gasteiger charge is 2.43. The van der Waals surface area contributed by atoms with Crippen molar-refractivity contribution >= 4 is 5.91 Å². The van der Waals surface area contributed by atoms with E-state index >= 15 is 0 Å². The predicted molar refractivity (Wildman–Crippen MR) is 100 cm³/mol. The third-order valence-electron chi connectivity index (χ3n) is 6.53. The Morgan fingerprint density at radius 2 is 2.19 bits per heavy atom. The number of hydrogen-bond acceptors (Lipinski definition) is 4. The molecular weight excluding hydrogens is 328 g/mol. The topological polar surface area (TPSA) is 61.5 Å². The summed E-state index contributed by atoms with van der Waals surface area (Å²) in [4.78, 5) is 24.4. The minimum absolute atomic E-state index is 0.0817. The zero-order valence-electron chi connectivity index (χ0n) is 16.2. The molecule has 1 amide bonds. The first kappa shape index (κ1) is 18.0. The quantitative estimate of drug-likeness (QED) is 0.899. The molecule has 3 saturated heterocycles. The number of aromatic amines is 1. The number of ether oxygens (including phenoxy) is 1. The van der Waals surface area contributed by atoms with E-state index in [1.54, 1.807) is 6.20 Å². The molecule has 3 aliphatic heterocycles. The van der Waals surface area contributed by atoms with Crippen molar-refractivity contribution in [3.63, 3.8) is 0 Å². The van der Waals surface area contributed by atoms with E-state index in [-0.39, 0.29) is 11.3 Å². The van der Waals surface area contributed by atoms with E-state index in [0.717, 1.165) is 57.2 Å². The minimum atomic E-state index is 0.0817. The van der Waals surface area contributed by atoms with E-state index in [0.29, 0.717) is 11.8 Å². The number of imidazole rings is 1. The van der Waals surface area contributed by atoms with Crippen LogP contribution in [-0.2, 0) is 4.74 Å². The van der Waals surface area contributed by atoms with Gasteiger partial charge in [-0.25, -0.2) is 4.98 Å². The van der Waals surface area contributed by atoms with Crippen LogP contribution in [0.3, 0.4) is 0 Å². The van der Waals surface area contributed by atoms with Gasteiger partial charge < -0.3 is 19.5 Å². The number of carbonyl (C=O) groups is 1. The molecule has 0 bridgehead atoms. The van der Waals surface area contributed by atoms with E-state index in [2.05, 4.69) is 21.8 Å². The van der Waals surface area contributed by atoms with Gasteiger partial charge in [-0.3, -0.25) is 4.79 Å². The van der Waals surface area contributed by atoms with Gasteiger partial charge in [0.25, 0.3) is 5.91 Å². The van der Waals surface area contributed by atoms with Gasteiger partial charge in [-0.1, -0.05) is 6.92 Å². The molecule has 1 spiro atoms. The molecule has 0 unspecified atom stereocenters. The average Bonchev–Trinajstić information content (AvgIpc) is 3.22. The maximum Gasteiger partial charge on any atom is 0.271 e. The monoisotopic (exact) mass is 360 g/mol. The molecule has 6 heteroatoms. The van der Waals surface area contributed by atoms with Crippen molar-refractivity contribution in [2.45, 2.75) is 52.1 Å². The van der Waals surface area contributed by atoms with E-state index < -0.39 is 0 Å². The zero-order valence-corrected chi connectivity index (χ0v) is 16.2. The lowest BCUT2D eigenvalue weighted by atomic mass is 9.76. The summed E-state index contributed by atoms with van der Waals surface area (Å²) in [5.74, 6) is 1.69. The number of likely N-dealkylation sites (tertiary alicyclic amines) is 2. The Balaban J connectivity index is 1.28. The van der Waals surface area contributed by atoms with Gasteiger partial charge in [0.05, 0.1) is 18.9 Å². The molecule has 26 heavy (non-hydrogen) atoms. The van der Waals surface area contributed by atoms with Gasteiger partial charge in [-0.2, -0.15) is 0 Å². The molecular formula is C20H32N4O2.